The van der Waals surface area contributed by atoms with E-state index >= 15 is 0 Å². The molecule has 0 bridgehead atoms. The van der Waals surface area contributed by atoms with Crippen LogP contribution in [-0.2, 0) is 26.5 Å². The third kappa shape index (κ3) is 5.50. The summed E-state index contributed by atoms with van der Waals surface area (Å²) in [6.07, 6.45) is 2.11. The Balaban J connectivity index is 1.61. The van der Waals surface area contributed by atoms with Crippen LogP contribution in [-0.4, -0.2) is 42.6 Å². The SMILES string of the molecule is COc1ccc(C2(NC(=O)C(CCSC)CC(=O)OCc3ccccc3)C(=O)c3ccccc3C2=O)cc1. The number of benzene rings is 3. The van der Waals surface area contributed by atoms with Gasteiger partial charge in [-0.3, -0.25) is 19.2 Å². The number of hydrogen-bond acceptors (Lipinski definition) is 7. The zero-order valence-corrected chi connectivity index (χ0v) is 22.1. The van der Waals surface area contributed by atoms with E-state index in [1.54, 1.807) is 48.5 Å². The first-order chi connectivity index (χ1) is 18.4. The molecule has 38 heavy (non-hydrogen) atoms. The Hall–Kier alpha value is -3.91. The van der Waals surface area contributed by atoms with E-state index in [1.165, 1.54) is 18.9 Å². The second-order valence-corrected chi connectivity index (χ2v) is 9.99. The molecule has 0 heterocycles. The quantitative estimate of drug-likeness (QED) is 0.285. The molecular formula is C30H29NO6S. The van der Waals surface area contributed by atoms with E-state index in [0.717, 1.165) is 5.56 Å². The van der Waals surface area contributed by atoms with Crippen LogP contribution in [0.3, 0.4) is 0 Å². The Kier molecular flexibility index (Phi) is 8.63. The Morgan fingerprint density at radius 2 is 1.50 bits per heavy atom. The lowest BCUT2D eigenvalue weighted by molar-refractivity contribution is -0.148. The van der Waals surface area contributed by atoms with Crippen molar-refractivity contribution in [1.29, 1.82) is 0 Å². The van der Waals surface area contributed by atoms with Gasteiger partial charge in [0.1, 0.15) is 12.4 Å². The number of thioether (sulfide) groups is 1. The predicted molar refractivity (Wildman–Crippen MR) is 145 cm³/mol. The van der Waals surface area contributed by atoms with Gasteiger partial charge in [0.15, 0.2) is 5.54 Å². The smallest absolute Gasteiger partial charge is 0.306 e. The number of amides is 1. The van der Waals surface area contributed by atoms with Crippen molar-refractivity contribution in [1.82, 2.24) is 5.32 Å². The molecule has 1 amide bonds. The molecule has 1 N–H and O–H groups in total. The summed E-state index contributed by atoms with van der Waals surface area (Å²) in [5.41, 5.74) is -0.274. The van der Waals surface area contributed by atoms with Crippen molar-refractivity contribution < 1.29 is 28.7 Å². The van der Waals surface area contributed by atoms with Gasteiger partial charge in [-0.15, -0.1) is 0 Å². The minimum Gasteiger partial charge on any atom is -0.497 e. The second-order valence-electron chi connectivity index (χ2n) is 9.00. The fraction of sp³-hybridized carbons (Fsp3) is 0.267. The lowest BCUT2D eigenvalue weighted by Crippen LogP contribution is -2.55. The molecule has 1 unspecified atom stereocenters. The number of nitrogens with one attached hydrogen (secondary N) is 1. The van der Waals surface area contributed by atoms with Gasteiger partial charge in [-0.25, -0.2) is 0 Å². The minimum absolute atomic E-state index is 0.0958. The molecule has 196 valence electrons. The molecule has 0 spiro atoms. The minimum atomic E-state index is -1.93. The Labute approximate surface area is 225 Å². The maximum atomic E-state index is 13.8. The highest BCUT2D eigenvalue weighted by Gasteiger charge is 2.55. The number of Topliss-reactive ketones (excluding diaryl/α,β-unsaturated/α-hetero) is 2. The monoisotopic (exact) mass is 531 g/mol. The van der Waals surface area contributed by atoms with Crippen molar-refractivity contribution in [3.63, 3.8) is 0 Å². The summed E-state index contributed by atoms with van der Waals surface area (Å²) in [7, 11) is 1.52. The van der Waals surface area contributed by atoms with Crippen molar-refractivity contribution in [2.24, 2.45) is 5.92 Å². The van der Waals surface area contributed by atoms with Crippen LogP contribution in [0.15, 0.2) is 78.9 Å². The molecule has 0 saturated heterocycles. The van der Waals surface area contributed by atoms with Gasteiger partial charge in [0.05, 0.1) is 13.5 Å². The highest BCUT2D eigenvalue weighted by atomic mass is 32.2. The molecule has 4 rings (SSSR count). The molecule has 0 fully saturated rings. The predicted octanol–water partition coefficient (Wildman–Crippen LogP) is 4.59. The number of ketones is 2. The zero-order valence-electron chi connectivity index (χ0n) is 21.3. The number of rotatable bonds is 11. The van der Waals surface area contributed by atoms with Crippen LogP contribution in [0.2, 0.25) is 0 Å². The number of hydrogen-bond donors (Lipinski definition) is 1. The van der Waals surface area contributed by atoms with Gasteiger partial charge in [-0.1, -0.05) is 66.7 Å². The molecular weight excluding hydrogens is 502 g/mol. The molecule has 1 aliphatic carbocycles. The van der Waals surface area contributed by atoms with Gasteiger partial charge in [-0.2, -0.15) is 11.8 Å². The van der Waals surface area contributed by atoms with E-state index in [9.17, 15) is 19.2 Å². The molecule has 3 aromatic rings. The number of methoxy groups -OCH3 is 1. The number of fused-ring (bicyclic) bond motifs is 1. The highest BCUT2D eigenvalue weighted by molar-refractivity contribution is 7.98. The number of carbonyl (C=O) groups excluding carboxylic acids is 4. The summed E-state index contributed by atoms with van der Waals surface area (Å²) in [5, 5.41) is 2.78. The Morgan fingerprint density at radius 1 is 0.895 bits per heavy atom. The van der Waals surface area contributed by atoms with E-state index in [-0.39, 0.29) is 24.2 Å². The average molecular weight is 532 g/mol. The van der Waals surface area contributed by atoms with E-state index in [1.807, 2.05) is 36.6 Å². The van der Waals surface area contributed by atoms with Gasteiger partial charge in [0, 0.05) is 17.0 Å². The van der Waals surface area contributed by atoms with Gasteiger partial charge in [0.25, 0.3) is 0 Å². The van der Waals surface area contributed by atoms with Crippen molar-refractivity contribution in [2.45, 2.75) is 25.0 Å². The first-order valence-corrected chi connectivity index (χ1v) is 13.6. The van der Waals surface area contributed by atoms with Crippen molar-refractivity contribution in [3.8, 4) is 5.75 Å². The molecule has 0 aromatic heterocycles. The van der Waals surface area contributed by atoms with Crippen LogP contribution >= 0.6 is 11.8 Å². The lowest BCUT2D eigenvalue weighted by Gasteiger charge is -2.30. The molecule has 0 radical (unpaired) electrons. The van der Waals surface area contributed by atoms with E-state index < -0.39 is 34.9 Å². The zero-order chi connectivity index (χ0) is 27.1. The summed E-state index contributed by atoms with van der Waals surface area (Å²) in [6, 6.07) is 22.3. The topological polar surface area (TPSA) is 98.8 Å². The summed E-state index contributed by atoms with van der Waals surface area (Å²) < 4.78 is 10.6. The van der Waals surface area contributed by atoms with Gasteiger partial charge < -0.3 is 14.8 Å². The van der Waals surface area contributed by atoms with E-state index in [0.29, 0.717) is 23.5 Å². The lowest BCUT2D eigenvalue weighted by atomic mass is 9.83. The van der Waals surface area contributed by atoms with Gasteiger partial charge >= 0.3 is 5.97 Å². The second kappa shape index (κ2) is 12.1. The van der Waals surface area contributed by atoms with E-state index in [4.69, 9.17) is 9.47 Å². The number of ether oxygens (including phenoxy) is 2. The molecule has 1 aliphatic rings. The van der Waals surface area contributed by atoms with E-state index in [2.05, 4.69) is 5.32 Å². The summed E-state index contributed by atoms with van der Waals surface area (Å²) in [6.45, 7) is 0.0958. The summed E-state index contributed by atoms with van der Waals surface area (Å²) in [5.74, 6) is -1.72. The van der Waals surface area contributed by atoms with Crippen LogP contribution in [0.4, 0.5) is 0 Å². The number of esters is 1. The first kappa shape index (κ1) is 27.1. The Bertz CT molecular complexity index is 1290. The van der Waals surface area contributed by atoms with Crippen molar-refractivity contribution in [3.05, 3.63) is 101 Å². The van der Waals surface area contributed by atoms with Crippen molar-refractivity contribution in [2.75, 3.05) is 19.1 Å². The maximum Gasteiger partial charge on any atom is 0.306 e. The Morgan fingerprint density at radius 3 is 2.08 bits per heavy atom. The summed E-state index contributed by atoms with van der Waals surface area (Å²) in [4.78, 5) is 54.0. The van der Waals surface area contributed by atoms with Crippen molar-refractivity contribution >= 4 is 35.2 Å². The number of carbonyl (C=O) groups is 4. The first-order valence-electron chi connectivity index (χ1n) is 12.2. The normalized spacial score (nSPS) is 14.5. The summed E-state index contributed by atoms with van der Waals surface area (Å²) >= 11 is 1.54. The van der Waals surface area contributed by atoms with Gasteiger partial charge in [0.2, 0.25) is 17.5 Å². The van der Waals surface area contributed by atoms with Gasteiger partial charge in [-0.05, 0) is 41.7 Å². The highest BCUT2D eigenvalue weighted by Crippen LogP contribution is 2.39. The van der Waals surface area contributed by atoms with Crippen LogP contribution in [0.25, 0.3) is 0 Å². The molecule has 0 saturated carbocycles. The molecule has 8 heteroatoms. The largest absolute Gasteiger partial charge is 0.497 e. The molecule has 0 aliphatic heterocycles. The fourth-order valence-electron chi connectivity index (χ4n) is 4.55. The molecule has 7 nitrogen and oxygen atoms in total. The fourth-order valence-corrected chi connectivity index (χ4v) is 5.07. The van der Waals surface area contributed by atoms with Crippen LogP contribution in [0.5, 0.6) is 5.75 Å². The third-order valence-electron chi connectivity index (χ3n) is 6.63. The maximum absolute atomic E-state index is 13.8. The standard InChI is InChI=1S/C30H29NO6S/c1-36-23-14-12-22(13-15-23)30(27(33)24-10-6-7-11-25(24)28(30)34)31-29(35)21(16-17-38-2)18-26(32)37-19-20-8-4-3-5-9-20/h3-15,21H,16-19H2,1-2H3,(H,31,35). The van der Waals surface area contributed by atoms with Crippen LogP contribution in [0, 0.1) is 5.92 Å². The third-order valence-corrected chi connectivity index (χ3v) is 7.27. The molecule has 1 atom stereocenters. The molecule has 3 aromatic carbocycles. The average Bonchev–Trinajstić information content (AvgIpc) is 3.17. The van der Waals surface area contributed by atoms with Crippen LogP contribution in [0.1, 0.15) is 44.7 Å². The van der Waals surface area contributed by atoms with Crippen LogP contribution < -0.4 is 10.1 Å².